The van der Waals surface area contributed by atoms with E-state index in [1.165, 1.54) is 10.0 Å². The molecule has 0 radical (unpaired) electrons. The number of thiophene rings is 1. The van der Waals surface area contributed by atoms with Crippen LogP contribution in [0, 0.1) is 0 Å². The van der Waals surface area contributed by atoms with Gasteiger partial charge in [-0.15, -0.1) is 12.4 Å². The number of nitrogens with two attached hydrogens (primary N) is 1. The Morgan fingerprint density at radius 1 is 1.64 bits per heavy atom. The average molecular weight is 257 g/mol. The summed E-state index contributed by atoms with van der Waals surface area (Å²) in [5, 5.41) is 4.21. The van der Waals surface area contributed by atoms with Gasteiger partial charge in [0.05, 0.1) is 0 Å². The summed E-state index contributed by atoms with van der Waals surface area (Å²) in [5.74, 6) is 0. The zero-order valence-electron chi connectivity index (χ0n) is 6.21. The molecule has 0 bridgehead atoms. The van der Waals surface area contributed by atoms with Crippen LogP contribution in [-0.4, -0.2) is 6.04 Å². The van der Waals surface area contributed by atoms with Crippen molar-refractivity contribution < 1.29 is 0 Å². The monoisotopic (exact) mass is 255 g/mol. The van der Waals surface area contributed by atoms with Crippen LogP contribution in [-0.2, 0) is 6.42 Å². The number of hydrogen-bond acceptors (Lipinski definition) is 2. The smallest absolute Gasteiger partial charge is 0.0314 e. The maximum atomic E-state index is 5.64. The Hall–Kier alpha value is 0.430. The molecule has 1 atom stereocenters. The molecule has 0 aliphatic carbocycles. The Kier molecular flexibility index (Phi) is 5.34. The van der Waals surface area contributed by atoms with Crippen LogP contribution in [0.3, 0.4) is 0 Å². The molecule has 0 saturated carbocycles. The van der Waals surface area contributed by atoms with E-state index in [9.17, 15) is 0 Å². The van der Waals surface area contributed by atoms with Gasteiger partial charge in [-0.25, -0.2) is 0 Å². The van der Waals surface area contributed by atoms with E-state index in [-0.39, 0.29) is 18.4 Å². The lowest BCUT2D eigenvalue weighted by Gasteiger charge is -2.01. The highest BCUT2D eigenvalue weighted by Gasteiger charge is 2.02. The maximum Gasteiger partial charge on any atom is 0.0314 e. The molecule has 1 heterocycles. The molecule has 0 saturated heterocycles. The van der Waals surface area contributed by atoms with Gasteiger partial charge in [0.15, 0.2) is 0 Å². The van der Waals surface area contributed by atoms with Gasteiger partial charge in [0, 0.05) is 15.9 Å². The quantitative estimate of drug-likeness (QED) is 0.865. The van der Waals surface area contributed by atoms with E-state index in [1.807, 2.05) is 6.92 Å². The van der Waals surface area contributed by atoms with Gasteiger partial charge < -0.3 is 5.73 Å². The van der Waals surface area contributed by atoms with E-state index in [0.29, 0.717) is 0 Å². The van der Waals surface area contributed by atoms with Crippen LogP contribution in [0.25, 0.3) is 0 Å². The van der Waals surface area contributed by atoms with Gasteiger partial charge in [-0.2, -0.15) is 11.3 Å². The van der Waals surface area contributed by atoms with Crippen LogP contribution in [0.15, 0.2) is 15.2 Å². The predicted molar refractivity (Wildman–Crippen MR) is 56.6 cm³/mol. The minimum Gasteiger partial charge on any atom is -0.328 e. The Bertz CT molecular complexity index is 212. The minimum absolute atomic E-state index is 0. The van der Waals surface area contributed by atoms with Crippen LogP contribution < -0.4 is 5.73 Å². The fourth-order valence-electron chi connectivity index (χ4n) is 0.800. The first-order valence-corrected chi connectivity index (χ1v) is 4.90. The summed E-state index contributed by atoms with van der Waals surface area (Å²) in [6.45, 7) is 2.02. The molecule has 0 aliphatic heterocycles. The summed E-state index contributed by atoms with van der Waals surface area (Å²) in [4.78, 5) is 0. The molecule has 4 heteroatoms. The summed E-state index contributed by atoms with van der Waals surface area (Å²) in [5.41, 5.74) is 6.96. The van der Waals surface area contributed by atoms with E-state index in [2.05, 4.69) is 26.7 Å². The van der Waals surface area contributed by atoms with Gasteiger partial charge in [0.1, 0.15) is 0 Å². The zero-order valence-corrected chi connectivity index (χ0v) is 9.43. The lowest BCUT2D eigenvalue weighted by atomic mass is 10.1. The standard InChI is InChI=1S/C7H10BrNS.ClH/c1-5(9)2-6-3-10-4-7(6)8;/h3-5H,2,9H2,1H3;1H. The number of rotatable bonds is 2. The third-order valence-corrected chi connectivity index (χ3v) is 3.06. The van der Waals surface area contributed by atoms with Gasteiger partial charge in [-0.05, 0) is 40.2 Å². The molecule has 1 aromatic rings. The van der Waals surface area contributed by atoms with Crippen molar-refractivity contribution in [1.29, 1.82) is 0 Å². The molecule has 2 N–H and O–H groups in total. The van der Waals surface area contributed by atoms with Crippen LogP contribution in [0.1, 0.15) is 12.5 Å². The summed E-state index contributed by atoms with van der Waals surface area (Å²) in [6, 6.07) is 0.255. The second-order valence-corrected chi connectivity index (χ2v) is 4.02. The van der Waals surface area contributed by atoms with E-state index in [4.69, 9.17) is 5.73 Å². The highest BCUT2D eigenvalue weighted by Crippen LogP contribution is 2.21. The molecular formula is C7H11BrClNS. The van der Waals surface area contributed by atoms with E-state index in [1.54, 1.807) is 11.3 Å². The molecular weight excluding hydrogens is 246 g/mol. The van der Waals surface area contributed by atoms with Gasteiger partial charge in [0.2, 0.25) is 0 Å². The average Bonchev–Trinajstić information content (AvgIpc) is 2.15. The SMILES string of the molecule is CC(N)Cc1cscc1Br.Cl. The first-order valence-electron chi connectivity index (χ1n) is 3.16. The Balaban J connectivity index is 0.000001000. The highest BCUT2D eigenvalue weighted by atomic mass is 79.9. The van der Waals surface area contributed by atoms with Crippen molar-refractivity contribution in [3.05, 3.63) is 20.8 Å². The topological polar surface area (TPSA) is 26.0 Å². The molecule has 1 unspecified atom stereocenters. The first kappa shape index (κ1) is 11.4. The molecule has 64 valence electrons. The summed E-state index contributed by atoms with van der Waals surface area (Å²) < 4.78 is 1.19. The third-order valence-electron chi connectivity index (χ3n) is 1.23. The van der Waals surface area contributed by atoms with E-state index >= 15 is 0 Å². The third kappa shape index (κ3) is 3.56. The molecule has 0 aromatic carbocycles. The number of hydrogen-bond donors (Lipinski definition) is 1. The van der Waals surface area contributed by atoms with Crippen molar-refractivity contribution in [3.8, 4) is 0 Å². The normalized spacial score (nSPS) is 12.3. The van der Waals surface area contributed by atoms with Crippen LogP contribution >= 0.6 is 39.7 Å². The summed E-state index contributed by atoms with van der Waals surface area (Å²) in [7, 11) is 0. The Morgan fingerprint density at radius 3 is 2.64 bits per heavy atom. The molecule has 1 nitrogen and oxygen atoms in total. The van der Waals surface area contributed by atoms with Crippen molar-refractivity contribution in [2.45, 2.75) is 19.4 Å². The second kappa shape index (κ2) is 5.14. The molecule has 0 aliphatic rings. The van der Waals surface area contributed by atoms with Crippen molar-refractivity contribution in [1.82, 2.24) is 0 Å². The zero-order chi connectivity index (χ0) is 7.56. The molecule has 1 aromatic heterocycles. The largest absolute Gasteiger partial charge is 0.328 e. The summed E-state index contributed by atoms with van der Waals surface area (Å²) in [6.07, 6.45) is 0.962. The molecule has 0 amide bonds. The molecule has 11 heavy (non-hydrogen) atoms. The second-order valence-electron chi connectivity index (χ2n) is 2.43. The fraction of sp³-hybridized carbons (Fsp3) is 0.429. The van der Waals surface area contributed by atoms with E-state index < -0.39 is 0 Å². The van der Waals surface area contributed by atoms with Crippen molar-refractivity contribution in [2.75, 3.05) is 0 Å². The van der Waals surface area contributed by atoms with Gasteiger partial charge in [0.25, 0.3) is 0 Å². The van der Waals surface area contributed by atoms with Crippen molar-refractivity contribution in [2.24, 2.45) is 5.73 Å². The van der Waals surface area contributed by atoms with Gasteiger partial charge in [-0.1, -0.05) is 0 Å². The molecule has 0 spiro atoms. The Morgan fingerprint density at radius 2 is 2.27 bits per heavy atom. The number of halogens is 2. The van der Waals surface area contributed by atoms with Crippen molar-refractivity contribution in [3.63, 3.8) is 0 Å². The molecule has 0 fully saturated rings. The van der Waals surface area contributed by atoms with Crippen LogP contribution in [0.4, 0.5) is 0 Å². The lowest BCUT2D eigenvalue weighted by Crippen LogP contribution is -2.17. The lowest BCUT2D eigenvalue weighted by molar-refractivity contribution is 0.738. The van der Waals surface area contributed by atoms with Crippen molar-refractivity contribution >= 4 is 39.7 Å². The van der Waals surface area contributed by atoms with Gasteiger partial charge in [-0.3, -0.25) is 0 Å². The molecule has 1 rings (SSSR count). The van der Waals surface area contributed by atoms with Crippen LogP contribution in [0.5, 0.6) is 0 Å². The highest BCUT2D eigenvalue weighted by molar-refractivity contribution is 9.10. The van der Waals surface area contributed by atoms with Crippen LogP contribution in [0.2, 0.25) is 0 Å². The maximum absolute atomic E-state index is 5.64. The van der Waals surface area contributed by atoms with E-state index in [0.717, 1.165) is 6.42 Å². The first-order chi connectivity index (χ1) is 4.70. The Labute approximate surface area is 85.5 Å². The van der Waals surface area contributed by atoms with Gasteiger partial charge >= 0.3 is 0 Å². The predicted octanol–water partition coefficient (Wildman–Crippen LogP) is 2.82. The fourth-order valence-corrected chi connectivity index (χ4v) is 2.28. The minimum atomic E-state index is 0. The summed E-state index contributed by atoms with van der Waals surface area (Å²) >= 11 is 5.16.